The van der Waals surface area contributed by atoms with E-state index in [2.05, 4.69) is 10.3 Å². The number of aromatic amines is 1. The van der Waals surface area contributed by atoms with Gasteiger partial charge in [-0.05, 0) is 30.7 Å². The Kier molecular flexibility index (Phi) is 3.89. The minimum atomic E-state index is -1.60. The fourth-order valence-corrected chi connectivity index (χ4v) is 1.61. The largest absolute Gasteiger partial charge is 0.365 e. The normalized spacial score (nSPS) is 10.5. The predicted molar refractivity (Wildman–Crippen MR) is 64.1 cm³/mol. The van der Waals surface area contributed by atoms with Gasteiger partial charge in [0.15, 0.2) is 17.5 Å². The van der Waals surface area contributed by atoms with Crippen LogP contribution in [-0.2, 0) is 11.2 Å². The average Bonchev–Trinajstić information content (AvgIpc) is 2.90. The van der Waals surface area contributed by atoms with Gasteiger partial charge in [0.2, 0.25) is 5.91 Å². The van der Waals surface area contributed by atoms with E-state index < -0.39 is 23.4 Å². The van der Waals surface area contributed by atoms with Crippen molar-refractivity contribution in [3.05, 3.63) is 53.6 Å². The van der Waals surface area contributed by atoms with Crippen LogP contribution in [0.15, 0.2) is 30.5 Å². The lowest BCUT2D eigenvalue weighted by Crippen LogP contribution is -2.14. The lowest BCUT2D eigenvalue weighted by Gasteiger charge is -2.07. The molecule has 100 valence electrons. The van der Waals surface area contributed by atoms with Gasteiger partial charge in [0.1, 0.15) is 0 Å². The second-order valence-electron chi connectivity index (χ2n) is 3.97. The Morgan fingerprint density at radius 1 is 1.16 bits per heavy atom. The Hall–Kier alpha value is -2.24. The summed E-state index contributed by atoms with van der Waals surface area (Å²) in [5, 5.41) is 2.21. The van der Waals surface area contributed by atoms with Crippen molar-refractivity contribution >= 4 is 11.6 Å². The number of H-pyrrole nitrogens is 1. The molecule has 0 fully saturated rings. The Morgan fingerprint density at radius 3 is 2.63 bits per heavy atom. The van der Waals surface area contributed by atoms with Crippen molar-refractivity contribution in [2.75, 3.05) is 5.32 Å². The lowest BCUT2D eigenvalue weighted by atomic mass is 10.2. The van der Waals surface area contributed by atoms with Gasteiger partial charge in [-0.15, -0.1) is 0 Å². The molecular weight excluding hydrogens is 257 g/mol. The molecule has 2 rings (SSSR count). The van der Waals surface area contributed by atoms with Gasteiger partial charge in [-0.2, -0.15) is 0 Å². The van der Waals surface area contributed by atoms with Crippen molar-refractivity contribution in [2.45, 2.75) is 12.8 Å². The molecule has 3 nitrogen and oxygen atoms in total. The molecule has 1 aromatic carbocycles. The van der Waals surface area contributed by atoms with Gasteiger partial charge in [-0.1, -0.05) is 0 Å². The summed E-state index contributed by atoms with van der Waals surface area (Å²) < 4.78 is 38.9. The van der Waals surface area contributed by atoms with E-state index in [-0.39, 0.29) is 12.1 Å². The van der Waals surface area contributed by atoms with E-state index in [1.54, 1.807) is 12.3 Å². The summed E-state index contributed by atoms with van der Waals surface area (Å²) in [6, 6.07) is 5.35. The first-order chi connectivity index (χ1) is 9.08. The fourth-order valence-electron chi connectivity index (χ4n) is 1.61. The molecule has 0 radical (unpaired) electrons. The van der Waals surface area contributed by atoms with Gasteiger partial charge < -0.3 is 10.3 Å². The quantitative estimate of drug-likeness (QED) is 0.823. The Balaban J connectivity index is 1.97. The van der Waals surface area contributed by atoms with Crippen molar-refractivity contribution < 1.29 is 18.0 Å². The molecular formula is C13H11F3N2O. The van der Waals surface area contributed by atoms with Crippen LogP contribution in [0.25, 0.3) is 0 Å². The molecule has 0 aliphatic heterocycles. The summed E-state index contributed by atoms with van der Waals surface area (Å²) in [4.78, 5) is 14.5. The number of carbonyl (C=O) groups excluding carboxylic acids is 1. The van der Waals surface area contributed by atoms with E-state index >= 15 is 0 Å². The zero-order valence-corrected chi connectivity index (χ0v) is 9.84. The summed E-state index contributed by atoms with van der Waals surface area (Å²) in [7, 11) is 0. The number of carbonyl (C=O) groups is 1. The standard InChI is InChI=1S/C13H11F3N2O/c14-9-4-5-10(13(16)12(9)15)18-11(19)6-3-8-2-1-7-17-8/h1-2,4-5,7,17H,3,6H2,(H,18,19). The SMILES string of the molecule is O=C(CCc1ccc[nH]1)Nc1ccc(F)c(F)c1F. The first-order valence-corrected chi connectivity index (χ1v) is 5.63. The number of hydrogen-bond donors (Lipinski definition) is 2. The second kappa shape index (κ2) is 5.60. The minimum absolute atomic E-state index is 0.110. The van der Waals surface area contributed by atoms with Crippen LogP contribution in [-0.4, -0.2) is 10.9 Å². The molecule has 0 atom stereocenters. The predicted octanol–water partition coefficient (Wildman–Crippen LogP) is 3.00. The summed E-state index contributed by atoms with van der Waals surface area (Å²) in [5.41, 5.74) is 0.497. The minimum Gasteiger partial charge on any atom is -0.365 e. The third kappa shape index (κ3) is 3.15. The van der Waals surface area contributed by atoms with Crippen LogP contribution in [0.1, 0.15) is 12.1 Å². The first kappa shape index (κ1) is 13.2. The van der Waals surface area contributed by atoms with Crippen LogP contribution in [0.2, 0.25) is 0 Å². The summed E-state index contributed by atoms with van der Waals surface area (Å²) in [6.45, 7) is 0. The summed E-state index contributed by atoms with van der Waals surface area (Å²) >= 11 is 0. The lowest BCUT2D eigenvalue weighted by molar-refractivity contribution is -0.116. The monoisotopic (exact) mass is 268 g/mol. The van der Waals surface area contributed by atoms with Gasteiger partial charge in [0, 0.05) is 18.3 Å². The number of rotatable bonds is 4. The smallest absolute Gasteiger partial charge is 0.224 e. The summed E-state index contributed by atoms with van der Waals surface area (Å²) in [5.74, 6) is -4.75. The van der Waals surface area contributed by atoms with Crippen LogP contribution in [0, 0.1) is 17.5 Å². The molecule has 6 heteroatoms. The Labute approximate surface area is 107 Å². The van der Waals surface area contributed by atoms with Crippen molar-refractivity contribution in [3.63, 3.8) is 0 Å². The van der Waals surface area contributed by atoms with Gasteiger partial charge >= 0.3 is 0 Å². The van der Waals surface area contributed by atoms with Gasteiger partial charge in [-0.3, -0.25) is 4.79 Å². The molecule has 0 saturated heterocycles. The number of hydrogen-bond acceptors (Lipinski definition) is 1. The molecule has 19 heavy (non-hydrogen) atoms. The Morgan fingerprint density at radius 2 is 1.95 bits per heavy atom. The van der Waals surface area contributed by atoms with Crippen LogP contribution in [0.4, 0.5) is 18.9 Å². The van der Waals surface area contributed by atoms with E-state index in [9.17, 15) is 18.0 Å². The van der Waals surface area contributed by atoms with E-state index in [1.807, 2.05) is 6.07 Å². The van der Waals surface area contributed by atoms with Crippen LogP contribution in [0.3, 0.4) is 0 Å². The highest BCUT2D eigenvalue weighted by atomic mass is 19.2. The molecule has 2 aromatic rings. The average molecular weight is 268 g/mol. The maximum absolute atomic E-state index is 13.3. The maximum Gasteiger partial charge on any atom is 0.224 e. The highest BCUT2D eigenvalue weighted by Gasteiger charge is 2.15. The van der Waals surface area contributed by atoms with Crippen molar-refractivity contribution in [1.82, 2.24) is 4.98 Å². The third-order valence-electron chi connectivity index (χ3n) is 2.59. The van der Waals surface area contributed by atoms with Gasteiger partial charge in [-0.25, -0.2) is 13.2 Å². The van der Waals surface area contributed by atoms with Gasteiger partial charge in [0.05, 0.1) is 5.69 Å². The first-order valence-electron chi connectivity index (χ1n) is 5.63. The summed E-state index contributed by atoms with van der Waals surface area (Å²) in [6.07, 6.45) is 2.28. The topological polar surface area (TPSA) is 44.9 Å². The number of anilines is 1. The molecule has 1 aromatic heterocycles. The van der Waals surface area contributed by atoms with E-state index in [0.29, 0.717) is 6.42 Å². The van der Waals surface area contributed by atoms with Gasteiger partial charge in [0.25, 0.3) is 0 Å². The van der Waals surface area contributed by atoms with Crippen molar-refractivity contribution in [3.8, 4) is 0 Å². The zero-order valence-electron chi connectivity index (χ0n) is 9.84. The third-order valence-corrected chi connectivity index (χ3v) is 2.59. The van der Waals surface area contributed by atoms with Crippen LogP contribution < -0.4 is 5.32 Å². The van der Waals surface area contributed by atoms with E-state index in [1.165, 1.54) is 0 Å². The van der Waals surface area contributed by atoms with Crippen LogP contribution >= 0.6 is 0 Å². The molecule has 1 amide bonds. The fraction of sp³-hybridized carbons (Fsp3) is 0.154. The highest BCUT2D eigenvalue weighted by molar-refractivity contribution is 5.90. The molecule has 0 unspecified atom stereocenters. The van der Waals surface area contributed by atoms with Crippen molar-refractivity contribution in [1.29, 1.82) is 0 Å². The number of aryl methyl sites for hydroxylation is 1. The molecule has 0 aliphatic carbocycles. The molecule has 0 bridgehead atoms. The number of benzene rings is 1. The zero-order chi connectivity index (χ0) is 13.8. The molecule has 0 aliphatic rings. The molecule has 2 N–H and O–H groups in total. The van der Waals surface area contributed by atoms with Crippen molar-refractivity contribution in [2.24, 2.45) is 0 Å². The van der Waals surface area contributed by atoms with E-state index in [4.69, 9.17) is 0 Å². The highest BCUT2D eigenvalue weighted by Crippen LogP contribution is 2.19. The number of nitrogens with one attached hydrogen (secondary N) is 2. The number of halogens is 3. The Bertz CT molecular complexity index is 582. The molecule has 1 heterocycles. The second-order valence-corrected chi connectivity index (χ2v) is 3.97. The van der Waals surface area contributed by atoms with Crippen LogP contribution in [0.5, 0.6) is 0 Å². The van der Waals surface area contributed by atoms with E-state index in [0.717, 1.165) is 17.8 Å². The number of aromatic nitrogens is 1. The molecule has 0 spiro atoms. The molecule has 0 saturated carbocycles. The maximum atomic E-state index is 13.3. The number of amides is 1.